The molecule has 0 aliphatic carbocycles. The van der Waals surface area contributed by atoms with Crippen molar-refractivity contribution in [3.05, 3.63) is 140 Å². The maximum Gasteiger partial charge on any atom is 0.172 e. The monoisotopic (exact) mass is 502 g/mol. The highest BCUT2D eigenvalue weighted by molar-refractivity contribution is 7.86. The third-order valence-electron chi connectivity index (χ3n) is 8.02. The van der Waals surface area contributed by atoms with Crippen molar-refractivity contribution in [3.8, 4) is 22.3 Å². The lowest BCUT2D eigenvalue weighted by molar-refractivity contribution is 0.593. The van der Waals surface area contributed by atoms with Gasteiger partial charge in [-0.2, -0.15) is 0 Å². The lowest BCUT2D eigenvalue weighted by atomic mass is 9.95. The van der Waals surface area contributed by atoms with Gasteiger partial charge in [0.2, 0.25) is 0 Å². The van der Waals surface area contributed by atoms with Gasteiger partial charge in [-0.1, -0.05) is 121 Å². The molecule has 0 aromatic heterocycles. The van der Waals surface area contributed by atoms with E-state index in [2.05, 4.69) is 127 Å². The lowest BCUT2D eigenvalue weighted by Gasteiger charge is -2.19. The van der Waals surface area contributed by atoms with E-state index in [0.717, 1.165) is 48.9 Å². The summed E-state index contributed by atoms with van der Waals surface area (Å²) >= 11 is 0. The zero-order valence-electron chi connectivity index (χ0n) is 20.6. The van der Waals surface area contributed by atoms with Crippen molar-refractivity contribution in [2.75, 3.05) is 0 Å². The third-order valence-corrected chi connectivity index (χ3v) is 11.1. The largest absolute Gasteiger partial charge is 0.309 e. The second kappa shape index (κ2) is 8.02. The molecule has 0 amide bonds. The van der Waals surface area contributed by atoms with E-state index in [4.69, 9.17) is 0 Å². The average Bonchev–Trinajstić information content (AvgIpc) is 3.27. The number of rotatable bonds is 3. The number of hydrogen-bond donors (Lipinski definition) is 0. The van der Waals surface area contributed by atoms with Crippen LogP contribution in [0.25, 0.3) is 54.6 Å². The molecule has 178 valence electrons. The number of benzene rings is 7. The zero-order valence-corrected chi connectivity index (χ0v) is 21.5. The minimum Gasteiger partial charge on any atom is -0.309 e. The fraction of sp³-hybridized carbons (Fsp3) is 0. The van der Waals surface area contributed by atoms with E-state index >= 15 is 4.57 Å². The van der Waals surface area contributed by atoms with Crippen LogP contribution in [0.15, 0.2) is 140 Å². The van der Waals surface area contributed by atoms with Gasteiger partial charge >= 0.3 is 0 Å². The Morgan fingerprint density at radius 2 is 0.789 bits per heavy atom. The molecule has 1 nitrogen and oxygen atoms in total. The minimum atomic E-state index is -3.14. The molecular weight excluding hydrogens is 479 g/mol. The lowest BCUT2D eigenvalue weighted by Crippen LogP contribution is -2.21. The Labute approximate surface area is 221 Å². The molecule has 0 unspecified atom stereocenters. The van der Waals surface area contributed by atoms with Gasteiger partial charge in [0, 0.05) is 26.7 Å². The highest BCUT2D eigenvalue weighted by Gasteiger charge is 2.39. The molecule has 0 radical (unpaired) electrons. The quantitative estimate of drug-likeness (QED) is 0.175. The fourth-order valence-electron chi connectivity index (χ4n) is 6.33. The van der Waals surface area contributed by atoms with E-state index in [1.165, 1.54) is 21.5 Å². The zero-order chi connectivity index (χ0) is 25.3. The molecule has 0 N–H and O–H groups in total. The second-order valence-corrected chi connectivity index (χ2v) is 12.8. The smallest absolute Gasteiger partial charge is 0.172 e. The van der Waals surface area contributed by atoms with Gasteiger partial charge in [0.25, 0.3) is 0 Å². The van der Waals surface area contributed by atoms with Gasteiger partial charge in [-0.05, 0) is 62.0 Å². The summed E-state index contributed by atoms with van der Waals surface area (Å²) in [6, 6.07) is 48.6. The molecule has 38 heavy (non-hydrogen) atoms. The highest BCUT2D eigenvalue weighted by Crippen LogP contribution is 2.54. The first kappa shape index (κ1) is 21.6. The van der Waals surface area contributed by atoms with Crippen LogP contribution >= 0.6 is 7.14 Å². The SMILES string of the molecule is O=P1(c2cc(-c3ccccc3)cc(-c3ccccc3)c2)c2cccc3c4ccccc4c4cccc1c4c23. The van der Waals surface area contributed by atoms with Crippen LogP contribution in [-0.4, -0.2) is 0 Å². The van der Waals surface area contributed by atoms with Crippen LogP contribution < -0.4 is 15.9 Å². The number of fused-ring (bicyclic) bond motifs is 3. The van der Waals surface area contributed by atoms with E-state index < -0.39 is 7.14 Å². The van der Waals surface area contributed by atoms with E-state index in [-0.39, 0.29) is 0 Å². The summed E-state index contributed by atoms with van der Waals surface area (Å²) in [6.07, 6.45) is 0. The molecule has 0 atom stereocenters. The van der Waals surface area contributed by atoms with Crippen LogP contribution in [0.4, 0.5) is 0 Å². The van der Waals surface area contributed by atoms with Crippen LogP contribution in [0.5, 0.6) is 0 Å². The van der Waals surface area contributed by atoms with Gasteiger partial charge in [0.1, 0.15) is 0 Å². The Kier molecular flexibility index (Phi) is 4.56. The Bertz CT molecular complexity index is 1950. The van der Waals surface area contributed by atoms with Crippen molar-refractivity contribution < 1.29 is 4.57 Å². The molecule has 0 bridgehead atoms. The van der Waals surface area contributed by atoms with Crippen molar-refractivity contribution in [2.45, 2.75) is 0 Å². The van der Waals surface area contributed by atoms with Gasteiger partial charge in [0.05, 0.1) is 0 Å². The van der Waals surface area contributed by atoms with Gasteiger partial charge in [0.15, 0.2) is 7.14 Å². The highest BCUT2D eigenvalue weighted by atomic mass is 31.2. The van der Waals surface area contributed by atoms with E-state index in [1.807, 2.05) is 12.1 Å². The van der Waals surface area contributed by atoms with E-state index in [9.17, 15) is 0 Å². The van der Waals surface area contributed by atoms with Crippen LogP contribution in [0.2, 0.25) is 0 Å². The maximum atomic E-state index is 15.7. The van der Waals surface area contributed by atoms with Crippen molar-refractivity contribution >= 4 is 55.4 Å². The predicted molar refractivity (Wildman–Crippen MR) is 163 cm³/mol. The van der Waals surface area contributed by atoms with Crippen LogP contribution in [0.1, 0.15) is 0 Å². The molecule has 1 aliphatic rings. The molecule has 7 aromatic rings. The Morgan fingerprint density at radius 3 is 1.26 bits per heavy atom. The first-order valence-electron chi connectivity index (χ1n) is 13.0. The molecule has 0 saturated carbocycles. The topological polar surface area (TPSA) is 17.1 Å². The maximum absolute atomic E-state index is 15.7. The minimum absolute atomic E-state index is 0.887. The molecule has 8 rings (SSSR count). The van der Waals surface area contributed by atoms with Gasteiger partial charge < -0.3 is 4.57 Å². The van der Waals surface area contributed by atoms with Crippen molar-refractivity contribution in [1.82, 2.24) is 0 Å². The Morgan fingerprint density at radius 1 is 0.368 bits per heavy atom. The summed E-state index contributed by atoms with van der Waals surface area (Å²) < 4.78 is 15.7. The summed E-state index contributed by atoms with van der Waals surface area (Å²) in [4.78, 5) is 0. The molecule has 1 heterocycles. The Balaban J connectivity index is 1.50. The van der Waals surface area contributed by atoms with Crippen LogP contribution in [0, 0.1) is 0 Å². The molecule has 0 saturated heterocycles. The standard InChI is InChI=1S/C36H23OP/c37-38(28-22-26(24-11-3-1-4-12-24)21-27(23-28)25-13-5-2-6-14-25)33-19-9-17-31-29-15-7-8-16-30(29)32-18-10-20-34(38)36(32)35(31)33/h1-23H. The molecule has 2 heteroatoms. The molecule has 7 aromatic carbocycles. The van der Waals surface area contributed by atoms with E-state index in [0.29, 0.717) is 0 Å². The fourth-order valence-corrected chi connectivity index (χ4v) is 9.47. The van der Waals surface area contributed by atoms with E-state index in [1.54, 1.807) is 0 Å². The predicted octanol–water partition coefficient (Wildman–Crippen LogP) is 8.43. The molecular formula is C36H23OP. The molecule has 0 spiro atoms. The first-order chi connectivity index (χ1) is 18.7. The third kappa shape index (κ3) is 2.91. The summed E-state index contributed by atoms with van der Waals surface area (Å²) in [6.45, 7) is 0. The van der Waals surface area contributed by atoms with Crippen molar-refractivity contribution in [2.24, 2.45) is 0 Å². The van der Waals surface area contributed by atoms with Gasteiger partial charge in [-0.3, -0.25) is 0 Å². The summed E-state index contributed by atoms with van der Waals surface area (Å²) in [5, 5.41) is 9.87. The van der Waals surface area contributed by atoms with Crippen molar-refractivity contribution in [1.29, 1.82) is 0 Å². The number of hydrogen-bond acceptors (Lipinski definition) is 1. The van der Waals surface area contributed by atoms with Crippen molar-refractivity contribution in [3.63, 3.8) is 0 Å². The Hall–Kier alpha value is -4.45. The normalized spacial score (nSPS) is 13.6. The summed E-state index contributed by atoms with van der Waals surface area (Å²) in [5.74, 6) is 0. The van der Waals surface area contributed by atoms with Gasteiger partial charge in [-0.15, -0.1) is 0 Å². The molecule has 0 fully saturated rings. The van der Waals surface area contributed by atoms with Gasteiger partial charge in [-0.25, -0.2) is 0 Å². The second-order valence-electron chi connectivity index (χ2n) is 10.1. The summed E-state index contributed by atoms with van der Waals surface area (Å²) in [5.41, 5.74) is 4.41. The first-order valence-corrected chi connectivity index (χ1v) is 14.7. The summed E-state index contributed by atoms with van der Waals surface area (Å²) in [7, 11) is -3.14. The molecule has 1 aliphatic heterocycles. The van der Waals surface area contributed by atoms with Crippen LogP contribution in [0.3, 0.4) is 0 Å². The average molecular weight is 503 g/mol. The van der Waals surface area contributed by atoms with Crippen LogP contribution in [-0.2, 0) is 4.57 Å².